The highest BCUT2D eigenvalue weighted by Crippen LogP contribution is 2.26. The van der Waals surface area contributed by atoms with Crippen molar-refractivity contribution in [1.82, 2.24) is 10.2 Å². The van der Waals surface area contributed by atoms with E-state index in [9.17, 15) is 24.5 Å². The Kier molecular flexibility index (Phi) is 5.30. The molecule has 24 heavy (non-hydrogen) atoms. The first-order valence-electron chi connectivity index (χ1n) is 7.05. The molecule has 0 atom stereocenters. The lowest BCUT2D eigenvalue weighted by atomic mass is 10.1. The molecule has 0 fully saturated rings. The zero-order valence-electron chi connectivity index (χ0n) is 12.8. The Hall–Kier alpha value is -3.17. The summed E-state index contributed by atoms with van der Waals surface area (Å²) in [7, 11) is 0. The summed E-state index contributed by atoms with van der Waals surface area (Å²) < 4.78 is 5.40. The van der Waals surface area contributed by atoms with E-state index in [-0.39, 0.29) is 30.2 Å². The topological polar surface area (TPSA) is 128 Å². The number of amides is 3. The van der Waals surface area contributed by atoms with Crippen LogP contribution in [0.1, 0.15) is 27.6 Å². The third-order valence-electron chi connectivity index (χ3n) is 3.20. The van der Waals surface area contributed by atoms with Crippen LogP contribution in [-0.2, 0) is 9.63 Å². The second-order valence-corrected chi connectivity index (χ2v) is 4.86. The lowest BCUT2D eigenvalue weighted by Gasteiger charge is -2.12. The predicted molar refractivity (Wildman–Crippen MR) is 78.9 cm³/mol. The van der Waals surface area contributed by atoms with Crippen molar-refractivity contribution in [3.63, 3.8) is 0 Å². The molecule has 1 aliphatic rings. The molecule has 10 nitrogen and oxygen atoms in total. The molecule has 0 bridgehead atoms. The van der Waals surface area contributed by atoms with E-state index >= 15 is 0 Å². The van der Waals surface area contributed by atoms with Crippen molar-refractivity contribution < 1.29 is 29.0 Å². The van der Waals surface area contributed by atoms with E-state index in [1.807, 2.05) is 0 Å². The molecule has 1 aromatic rings. The van der Waals surface area contributed by atoms with Crippen LogP contribution in [0.15, 0.2) is 18.2 Å². The summed E-state index contributed by atoms with van der Waals surface area (Å²) in [6.07, 6.45) is 0. The largest absolute Gasteiger partial charge is 0.492 e. The van der Waals surface area contributed by atoms with Crippen LogP contribution in [0.25, 0.3) is 0 Å². The SMILES string of the molecule is CC(=O)NCCOc1ccc2c(c1)C(=O)N(CCO[N+](=O)[O-])C2=O. The van der Waals surface area contributed by atoms with Gasteiger partial charge in [0.05, 0.1) is 24.2 Å². The molecule has 0 aliphatic carbocycles. The number of hydrogen-bond donors (Lipinski definition) is 1. The fourth-order valence-corrected chi connectivity index (χ4v) is 2.17. The minimum atomic E-state index is -0.987. The molecule has 2 rings (SSSR count). The second-order valence-electron chi connectivity index (χ2n) is 4.86. The number of carbonyl (C=O) groups is 3. The van der Waals surface area contributed by atoms with Gasteiger partial charge in [-0.1, -0.05) is 0 Å². The standard InChI is InChI=1S/C14H15N3O7/c1-9(18)15-4-6-23-10-2-3-11-12(8-10)14(20)16(13(11)19)5-7-24-17(21)22/h2-3,8H,4-7H2,1H3,(H,15,18). The maximum Gasteiger partial charge on any atom is 0.294 e. The van der Waals surface area contributed by atoms with Gasteiger partial charge in [-0.25, -0.2) is 0 Å². The molecule has 0 saturated heterocycles. The monoisotopic (exact) mass is 337 g/mol. The van der Waals surface area contributed by atoms with Crippen LogP contribution in [0.2, 0.25) is 0 Å². The highest BCUT2D eigenvalue weighted by molar-refractivity contribution is 6.21. The summed E-state index contributed by atoms with van der Waals surface area (Å²) in [6, 6.07) is 4.42. The van der Waals surface area contributed by atoms with Crippen molar-refractivity contribution >= 4 is 17.7 Å². The van der Waals surface area contributed by atoms with Gasteiger partial charge < -0.3 is 14.9 Å². The summed E-state index contributed by atoms with van der Waals surface area (Å²) in [5, 5.41) is 11.7. The smallest absolute Gasteiger partial charge is 0.294 e. The first-order chi connectivity index (χ1) is 11.4. The van der Waals surface area contributed by atoms with Crippen LogP contribution in [0.3, 0.4) is 0 Å². The predicted octanol–water partition coefficient (Wildman–Crippen LogP) is 0.00580. The summed E-state index contributed by atoms with van der Waals surface area (Å²) >= 11 is 0. The first-order valence-corrected chi connectivity index (χ1v) is 7.05. The third kappa shape index (κ3) is 3.97. The van der Waals surface area contributed by atoms with E-state index in [1.165, 1.54) is 25.1 Å². The highest BCUT2D eigenvalue weighted by atomic mass is 16.9. The third-order valence-corrected chi connectivity index (χ3v) is 3.20. The minimum Gasteiger partial charge on any atom is -0.492 e. The number of nitrogens with one attached hydrogen (secondary N) is 1. The molecule has 1 heterocycles. The molecule has 1 aromatic carbocycles. The molecule has 0 unspecified atom stereocenters. The number of nitrogens with zero attached hydrogens (tertiary/aromatic N) is 2. The highest BCUT2D eigenvalue weighted by Gasteiger charge is 2.35. The van der Waals surface area contributed by atoms with E-state index in [0.29, 0.717) is 12.3 Å². The Morgan fingerprint density at radius 1 is 1.25 bits per heavy atom. The van der Waals surface area contributed by atoms with Gasteiger partial charge in [0.2, 0.25) is 5.91 Å². The average Bonchev–Trinajstić information content (AvgIpc) is 2.76. The quantitative estimate of drug-likeness (QED) is 0.306. The molecule has 0 radical (unpaired) electrons. The Morgan fingerprint density at radius 3 is 2.62 bits per heavy atom. The van der Waals surface area contributed by atoms with Crippen LogP contribution < -0.4 is 10.1 Å². The normalized spacial score (nSPS) is 12.8. The molecular weight excluding hydrogens is 322 g/mol. The fourth-order valence-electron chi connectivity index (χ4n) is 2.17. The van der Waals surface area contributed by atoms with Crippen molar-refractivity contribution in [3.8, 4) is 5.75 Å². The van der Waals surface area contributed by atoms with Crippen molar-refractivity contribution in [1.29, 1.82) is 0 Å². The zero-order valence-corrected chi connectivity index (χ0v) is 12.8. The summed E-state index contributed by atoms with van der Waals surface area (Å²) in [5.41, 5.74) is 0.369. The zero-order chi connectivity index (χ0) is 17.7. The maximum atomic E-state index is 12.2. The fraction of sp³-hybridized carbons (Fsp3) is 0.357. The van der Waals surface area contributed by atoms with E-state index in [0.717, 1.165) is 4.90 Å². The molecule has 1 aliphatic heterocycles. The van der Waals surface area contributed by atoms with E-state index in [4.69, 9.17) is 4.74 Å². The van der Waals surface area contributed by atoms with Crippen molar-refractivity contribution in [2.24, 2.45) is 0 Å². The van der Waals surface area contributed by atoms with Crippen molar-refractivity contribution in [3.05, 3.63) is 39.4 Å². The van der Waals surface area contributed by atoms with E-state index in [2.05, 4.69) is 10.2 Å². The Bertz CT molecular complexity index is 689. The number of fused-ring (bicyclic) bond motifs is 1. The van der Waals surface area contributed by atoms with Gasteiger partial charge in [0.1, 0.15) is 19.0 Å². The van der Waals surface area contributed by atoms with Gasteiger partial charge in [-0.2, -0.15) is 0 Å². The van der Waals surface area contributed by atoms with Gasteiger partial charge in [-0.15, -0.1) is 10.1 Å². The van der Waals surface area contributed by atoms with Crippen LogP contribution in [0.5, 0.6) is 5.75 Å². The van der Waals surface area contributed by atoms with Gasteiger partial charge >= 0.3 is 0 Å². The van der Waals surface area contributed by atoms with Gasteiger partial charge in [0.25, 0.3) is 16.9 Å². The van der Waals surface area contributed by atoms with E-state index in [1.54, 1.807) is 0 Å². The number of carbonyl (C=O) groups excluding carboxylic acids is 3. The van der Waals surface area contributed by atoms with Crippen molar-refractivity contribution in [2.75, 3.05) is 26.3 Å². The first kappa shape index (κ1) is 17.2. The molecular formula is C14H15N3O7. The van der Waals surface area contributed by atoms with Gasteiger partial charge in [-0.3, -0.25) is 19.3 Å². The van der Waals surface area contributed by atoms with Crippen LogP contribution in [0.4, 0.5) is 0 Å². The summed E-state index contributed by atoms with van der Waals surface area (Å²) in [4.78, 5) is 50.2. The number of hydrogen-bond acceptors (Lipinski definition) is 7. The molecule has 0 saturated carbocycles. The molecule has 1 N–H and O–H groups in total. The number of ether oxygens (including phenoxy) is 1. The molecule has 128 valence electrons. The average molecular weight is 337 g/mol. The number of benzene rings is 1. The summed E-state index contributed by atoms with van der Waals surface area (Å²) in [5.74, 6) is -0.898. The second kappa shape index (κ2) is 7.40. The number of rotatable bonds is 8. The van der Waals surface area contributed by atoms with Gasteiger partial charge in [0.15, 0.2) is 0 Å². The van der Waals surface area contributed by atoms with Gasteiger partial charge in [0, 0.05) is 6.92 Å². The lowest BCUT2D eigenvalue weighted by Crippen LogP contribution is -2.33. The Labute approximate surface area is 136 Å². The Morgan fingerprint density at radius 2 is 1.96 bits per heavy atom. The molecule has 10 heteroatoms. The maximum absolute atomic E-state index is 12.2. The molecule has 3 amide bonds. The van der Waals surface area contributed by atoms with Crippen LogP contribution in [-0.4, -0.2) is 54.0 Å². The summed E-state index contributed by atoms with van der Waals surface area (Å²) in [6.45, 7) is 1.30. The molecule has 0 aromatic heterocycles. The molecule has 0 spiro atoms. The minimum absolute atomic E-state index is 0.165. The van der Waals surface area contributed by atoms with Gasteiger partial charge in [-0.05, 0) is 18.2 Å². The van der Waals surface area contributed by atoms with Crippen LogP contribution in [0, 0.1) is 10.1 Å². The van der Waals surface area contributed by atoms with E-state index < -0.39 is 23.5 Å². The van der Waals surface area contributed by atoms with Crippen LogP contribution >= 0.6 is 0 Å². The van der Waals surface area contributed by atoms with Crippen molar-refractivity contribution in [2.45, 2.75) is 6.92 Å². The Balaban J connectivity index is 1.99. The lowest BCUT2D eigenvalue weighted by molar-refractivity contribution is -0.757. The number of imide groups is 1.